The molecule has 2 aliphatic rings. The molecule has 1 N–H and O–H groups in total. The Morgan fingerprint density at radius 3 is 2.45 bits per heavy atom. The summed E-state index contributed by atoms with van der Waals surface area (Å²) in [6.07, 6.45) is 1.60. The number of ether oxygens (including phenoxy) is 4. The van der Waals surface area contributed by atoms with Crippen molar-refractivity contribution in [3.63, 3.8) is 0 Å². The van der Waals surface area contributed by atoms with Gasteiger partial charge in [0.25, 0.3) is 5.91 Å². The number of aliphatic imine (C=N–C) groups is 1. The summed E-state index contributed by atoms with van der Waals surface area (Å²) in [7, 11) is 0. The molecular weight excluding hydrogens is 596 g/mol. The lowest BCUT2D eigenvalue weighted by molar-refractivity contribution is -0.114. The standard InChI is InChI=1S/C29H25BrN4O5S/c1-2-36-25-17-19(8-13-24(25)38-15-14-37-22-11-9-20(30)10-12-22)16-23-27(31)34-29(32-28(23)35)40-26(33-34)18-39-21-6-4-3-5-7-21/h3-13,16-17,31H,2,14-15,18H2,1H3/b23-16-,31-27?. The van der Waals surface area contributed by atoms with Crippen molar-refractivity contribution in [1.82, 2.24) is 5.01 Å². The molecule has 0 saturated carbocycles. The van der Waals surface area contributed by atoms with E-state index in [-0.39, 0.29) is 18.0 Å². The van der Waals surface area contributed by atoms with Crippen LogP contribution in [0.5, 0.6) is 23.0 Å². The number of nitrogens with zero attached hydrogens (tertiary/aromatic N) is 3. The number of amides is 1. The number of halogens is 1. The summed E-state index contributed by atoms with van der Waals surface area (Å²) >= 11 is 4.62. The third kappa shape index (κ3) is 6.72. The van der Waals surface area contributed by atoms with Crippen LogP contribution in [0.1, 0.15) is 12.5 Å². The smallest absolute Gasteiger partial charge is 0.283 e. The van der Waals surface area contributed by atoms with Crippen molar-refractivity contribution < 1.29 is 23.7 Å². The Labute approximate surface area is 244 Å². The molecule has 11 heteroatoms. The van der Waals surface area contributed by atoms with Crippen molar-refractivity contribution in [1.29, 1.82) is 5.41 Å². The van der Waals surface area contributed by atoms with Gasteiger partial charge in [-0.3, -0.25) is 10.2 Å². The average Bonchev–Trinajstić information content (AvgIpc) is 3.38. The van der Waals surface area contributed by atoms with Crippen LogP contribution in [0, 0.1) is 5.41 Å². The third-order valence-corrected chi connectivity index (χ3v) is 7.01. The summed E-state index contributed by atoms with van der Waals surface area (Å²) < 4.78 is 24.1. The molecule has 3 aromatic rings. The van der Waals surface area contributed by atoms with E-state index >= 15 is 0 Å². The lowest BCUT2D eigenvalue weighted by atomic mass is 10.1. The van der Waals surface area contributed by atoms with Gasteiger partial charge in [0.05, 0.1) is 12.2 Å². The second-order valence-corrected chi connectivity index (χ2v) is 10.4. The minimum absolute atomic E-state index is 0.0550. The van der Waals surface area contributed by atoms with Gasteiger partial charge in [0.1, 0.15) is 36.4 Å². The topological polar surface area (TPSA) is 106 Å². The molecule has 0 aliphatic carbocycles. The molecule has 0 radical (unpaired) electrons. The highest BCUT2D eigenvalue weighted by Gasteiger charge is 2.35. The maximum Gasteiger partial charge on any atom is 0.283 e. The van der Waals surface area contributed by atoms with Gasteiger partial charge in [-0.1, -0.05) is 40.2 Å². The molecule has 0 fully saturated rings. The summed E-state index contributed by atoms with van der Waals surface area (Å²) in [6, 6.07) is 22.3. The summed E-state index contributed by atoms with van der Waals surface area (Å²) in [6.45, 7) is 3.19. The van der Waals surface area contributed by atoms with Crippen LogP contribution in [0.25, 0.3) is 6.08 Å². The second-order valence-electron chi connectivity index (χ2n) is 8.41. The van der Waals surface area contributed by atoms with E-state index in [0.717, 1.165) is 10.2 Å². The van der Waals surface area contributed by atoms with Crippen LogP contribution in [0.15, 0.2) is 92.9 Å². The molecule has 3 aromatic carbocycles. The number of nitrogens with one attached hydrogen (secondary N) is 1. The largest absolute Gasteiger partial charge is 0.490 e. The van der Waals surface area contributed by atoms with Crippen molar-refractivity contribution in [3.05, 3.63) is 88.4 Å². The molecule has 40 heavy (non-hydrogen) atoms. The van der Waals surface area contributed by atoms with Crippen LogP contribution in [-0.2, 0) is 4.79 Å². The Morgan fingerprint density at radius 2 is 1.68 bits per heavy atom. The molecule has 0 saturated heterocycles. The van der Waals surface area contributed by atoms with Gasteiger partial charge in [0, 0.05) is 4.47 Å². The lowest BCUT2D eigenvalue weighted by Gasteiger charge is -2.20. The molecule has 2 aliphatic heterocycles. The molecule has 9 nitrogen and oxygen atoms in total. The summed E-state index contributed by atoms with van der Waals surface area (Å²) in [5, 5.41) is 15.4. The quantitative estimate of drug-likeness (QED) is 0.207. The summed E-state index contributed by atoms with van der Waals surface area (Å²) in [5.41, 5.74) is 0.787. The van der Waals surface area contributed by atoms with E-state index in [2.05, 4.69) is 26.0 Å². The van der Waals surface area contributed by atoms with Crippen LogP contribution in [0.2, 0.25) is 0 Å². The van der Waals surface area contributed by atoms with Gasteiger partial charge < -0.3 is 18.9 Å². The number of fused-ring (bicyclic) bond motifs is 1. The maximum atomic E-state index is 12.8. The lowest BCUT2D eigenvalue weighted by Crippen LogP contribution is -2.35. The number of thioether (sulfide) groups is 1. The van der Waals surface area contributed by atoms with Gasteiger partial charge in [-0.15, -0.1) is 0 Å². The van der Waals surface area contributed by atoms with Gasteiger partial charge in [-0.25, -0.2) is 0 Å². The Hall–Kier alpha value is -4.09. The van der Waals surface area contributed by atoms with E-state index < -0.39 is 5.91 Å². The van der Waals surface area contributed by atoms with Crippen molar-refractivity contribution in [3.8, 4) is 23.0 Å². The van der Waals surface area contributed by atoms with Gasteiger partial charge in [0.2, 0.25) is 5.17 Å². The maximum absolute atomic E-state index is 12.8. The number of para-hydroxylation sites is 1. The van der Waals surface area contributed by atoms with Crippen molar-refractivity contribution in [2.45, 2.75) is 6.92 Å². The summed E-state index contributed by atoms with van der Waals surface area (Å²) in [4.78, 5) is 17.0. The van der Waals surface area contributed by atoms with E-state index in [1.165, 1.54) is 16.8 Å². The molecular formula is C29H25BrN4O5S. The highest BCUT2D eigenvalue weighted by atomic mass is 79.9. The molecule has 0 unspecified atom stereocenters. The Balaban J connectivity index is 1.25. The normalized spacial score (nSPS) is 15.4. The van der Waals surface area contributed by atoms with E-state index in [0.29, 0.717) is 52.8 Å². The average molecular weight is 622 g/mol. The van der Waals surface area contributed by atoms with Crippen LogP contribution < -0.4 is 18.9 Å². The highest BCUT2D eigenvalue weighted by molar-refractivity contribution is 9.10. The Bertz CT molecular complexity index is 1490. The fraction of sp³-hybridized carbons (Fsp3) is 0.172. The number of carbonyl (C=O) groups excluding carboxylic acids is 1. The SMILES string of the molecule is CCOc1cc(/C=C2/C(=N)N3N=C(COc4ccccc4)SC3=NC2=O)ccc1OCCOc1ccc(Br)cc1. The molecule has 0 atom stereocenters. The molecule has 0 spiro atoms. The monoisotopic (exact) mass is 620 g/mol. The van der Waals surface area contributed by atoms with Crippen molar-refractivity contribution >= 4 is 55.7 Å². The van der Waals surface area contributed by atoms with E-state index in [9.17, 15) is 4.79 Å². The number of hydrogen-bond acceptors (Lipinski definition) is 8. The number of carbonyl (C=O) groups is 1. The predicted molar refractivity (Wildman–Crippen MR) is 160 cm³/mol. The Morgan fingerprint density at radius 1 is 0.925 bits per heavy atom. The van der Waals surface area contributed by atoms with Gasteiger partial charge >= 0.3 is 0 Å². The fourth-order valence-electron chi connectivity index (χ4n) is 3.76. The first-order valence-corrected chi connectivity index (χ1v) is 14.1. The number of rotatable bonds is 11. The van der Waals surface area contributed by atoms with Crippen LogP contribution in [0.3, 0.4) is 0 Å². The van der Waals surface area contributed by atoms with Gasteiger partial charge in [-0.05, 0) is 78.9 Å². The van der Waals surface area contributed by atoms with E-state index in [1.54, 1.807) is 24.3 Å². The summed E-state index contributed by atoms with van der Waals surface area (Å²) in [5.74, 6) is 1.97. The minimum Gasteiger partial charge on any atom is -0.490 e. The van der Waals surface area contributed by atoms with Crippen LogP contribution >= 0.6 is 27.7 Å². The van der Waals surface area contributed by atoms with Crippen LogP contribution in [0.4, 0.5) is 0 Å². The molecule has 2 heterocycles. The fourth-order valence-corrected chi connectivity index (χ4v) is 4.83. The first-order valence-electron chi connectivity index (χ1n) is 12.4. The number of hydrogen-bond donors (Lipinski definition) is 1. The van der Waals surface area contributed by atoms with Crippen molar-refractivity contribution in [2.24, 2.45) is 10.1 Å². The highest BCUT2D eigenvalue weighted by Crippen LogP contribution is 2.32. The first kappa shape index (κ1) is 27.5. The molecule has 5 rings (SSSR count). The molecule has 204 valence electrons. The number of hydrazone groups is 1. The minimum atomic E-state index is -0.507. The van der Waals surface area contributed by atoms with Gasteiger partial charge in [0.15, 0.2) is 17.3 Å². The third-order valence-electron chi connectivity index (χ3n) is 5.60. The van der Waals surface area contributed by atoms with Crippen LogP contribution in [-0.4, -0.2) is 53.4 Å². The van der Waals surface area contributed by atoms with E-state index in [4.69, 9.17) is 24.4 Å². The second kappa shape index (κ2) is 12.8. The predicted octanol–water partition coefficient (Wildman–Crippen LogP) is 6.00. The Kier molecular flexibility index (Phi) is 8.82. The zero-order valence-electron chi connectivity index (χ0n) is 21.5. The van der Waals surface area contributed by atoms with Crippen molar-refractivity contribution in [2.75, 3.05) is 26.4 Å². The zero-order valence-corrected chi connectivity index (χ0v) is 23.9. The molecule has 1 amide bonds. The first-order chi connectivity index (χ1) is 19.5. The molecule has 0 bridgehead atoms. The number of benzene rings is 3. The number of amidine groups is 2. The van der Waals surface area contributed by atoms with E-state index in [1.807, 2.05) is 61.5 Å². The zero-order chi connectivity index (χ0) is 27.9. The molecule has 0 aromatic heterocycles. The van der Waals surface area contributed by atoms with Gasteiger partial charge in [-0.2, -0.15) is 15.1 Å².